The zero-order valence-electron chi connectivity index (χ0n) is 24.0. The molecular weight excluding hydrogens is 564 g/mol. The van der Waals surface area contributed by atoms with Gasteiger partial charge in [-0.1, -0.05) is 19.1 Å². The fraction of sp³-hybridized carbons (Fsp3) is 0.750. The highest BCUT2D eigenvalue weighted by molar-refractivity contribution is 6.23. The van der Waals surface area contributed by atoms with Crippen molar-refractivity contribution in [3.63, 3.8) is 0 Å². The maximum absolute atomic E-state index is 13.0. The number of aliphatic hydroxyl groups is 1. The molecule has 4 rings (SSSR count). The van der Waals surface area contributed by atoms with Gasteiger partial charge in [0.05, 0.1) is 23.3 Å². The molecule has 0 bridgehead atoms. The molecule has 4 fully saturated rings. The van der Waals surface area contributed by atoms with Crippen LogP contribution in [0.25, 0.3) is 0 Å². The van der Waals surface area contributed by atoms with Crippen molar-refractivity contribution in [2.45, 2.75) is 108 Å². The van der Waals surface area contributed by atoms with Gasteiger partial charge in [0.15, 0.2) is 11.7 Å². The Hall–Kier alpha value is -2.70. The van der Waals surface area contributed by atoms with Crippen LogP contribution in [0, 0.1) is 17.3 Å². The maximum atomic E-state index is 13.0. The molecule has 0 radical (unpaired) electrons. The number of epoxide rings is 1. The molecule has 1 spiro atoms. The zero-order chi connectivity index (χ0) is 30.7. The van der Waals surface area contributed by atoms with Gasteiger partial charge in [0.1, 0.15) is 30.0 Å². The van der Waals surface area contributed by atoms with E-state index in [0.717, 1.165) is 6.92 Å². The van der Waals surface area contributed by atoms with Gasteiger partial charge in [-0.05, 0) is 19.8 Å². The average Bonchev–Trinajstić information content (AvgIpc) is 3.57. The van der Waals surface area contributed by atoms with Crippen LogP contribution in [0.5, 0.6) is 0 Å². The van der Waals surface area contributed by atoms with Crippen LogP contribution in [-0.2, 0) is 52.4 Å². The predicted octanol–water partition coefficient (Wildman–Crippen LogP) is 1.76. The second-order valence-electron chi connectivity index (χ2n) is 11.8. The minimum Gasteiger partial charge on any atom is -0.462 e. The standard InChI is InChI=1S/C28H37ClO12/c1-12-8-9-19(38-15(4)31)26(7)21(27(11-36-27)10-18(37-14(3)30)22(26)39-16(5)32)24(40-17(6)33)28(35)13(2)25(34)41-23(28)20(12)29/h13,18-24,35H,1,8-11H2,2-7H3/t13-,18-,19-,20-,21+,22-,23+,24-,26+,27-,28-/m0/s1. The highest BCUT2D eigenvalue weighted by atomic mass is 35.5. The van der Waals surface area contributed by atoms with Crippen molar-refractivity contribution in [3.8, 4) is 0 Å². The summed E-state index contributed by atoms with van der Waals surface area (Å²) >= 11 is 6.78. The summed E-state index contributed by atoms with van der Waals surface area (Å²) in [5, 5.41) is 11.4. The van der Waals surface area contributed by atoms with E-state index in [1.165, 1.54) is 27.7 Å². The minimum absolute atomic E-state index is 0.00369. The third-order valence-electron chi connectivity index (χ3n) is 9.04. The normalized spacial score (nSPS) is 43.6. The molecule has 0 aromatic carbocycles. The Morgan fingerprint density at radius 1 is 0.976 bits per heavy atom. The first-order chi connectivity index (χ1) is 19.0. The Balaban J connectivity index is 2.05. The summed E-state index contributed by atoms with van der Waals surface area (Å²) in [6.45, 7) is 12.0. The Morgan fingerprint density at radius 3 is 2.02 bits per heavy atom. The quantitative estimate of drug-likeness (QED) is 0.164. The number of hydrogen-bond acceptors (Lipinski definition) is 12. The summed E-state index contributed by atoms with van der Waals surface area (Å²) in [4.78, 5) is 62.9. The van der Waals surface area contributed by atoms with Crippen LogP contribution in [0.2, 0.25) is 0 Å². The van der Waals surface area contributed by atoms with Gasteiger partial charge in [-0.2, -0.15) is 0 Å². The molecule has 2 aliphatic heterocycles. The van der Waals surface area contributed by atoms with Gasteiger partial charge < -0.3 is 33.5 Å². The number of carbonyl (C=O) groups is 5. The van der Waals surface area contributed by atoms with E-state index in [0.29, 0.717) is 5.57 Å². The lowest BCUT2D eigenvalue weighted by molar-refractivity contribution is -0.263. The van der Waals surface area contributed by atoms with E-state index in [4.69, 9.17) is 40.0 Å². The van der Waals surface area contributed by atoms with E-state index in [-0.39, 0.29) is 25.9 Å². The van der Waals surface area contributed by atoms with Crippen molar-refractivity contribution in [2.24, 2.45) is 17.3 Å². The predicted molar refractivity (Wildman–Crippen MR) is 139 cm³/mol. The van der Waals surface area contributed by atoms with Crippen molar-refractivity contribution < 1.29 is 57.5 Å². The number of halogens is 1. The minimum atomic E-state index is -2.21. The lowest BCUT2D eigenvalue weighted by Gasteiger charge is -2.58. The molecule has 0 unspecified atom stereocenters. The highest BCUT2D eigenvalue weighted by Gasteiger charge is 2.77. The van der Waals surface area contributed by atoms with E-state index in [1.807, 2.05) is 0 Å². The molecule has 13 heteroatoms. The fourth-order valence-corrected chi connectivity index (χ4v) is 7.59. The average molecular weight is 601 g/mol. The SMILES string of the molecule is C=C1CC[C@H](OC(C)=O)[C@@]2(C)[C@@H](OC(C)=O)[C@@H](OC(C)=O)C[C@]3(CO3)[C@@H]2[C@H](OC(C)=O)[C@@]2(O)[C@H](OC(=O)[C@@H]2C)[C@H]1Cl. The van der Waals surface area contributed by atoms with Gasteiger partial charge in [-0.3, -0.25) is 24.0 Å². The van der Waals surface area contributed by atoms with Gasteiger partial charge in [-0.25, -0.2) is 0 Å². The molecule has 2 saturated heterocycles. The molecule has 41 heavy (non-hydrogen) atoms. The third-order valence-corrected chi connectivity index (χ3v) is 9.58. The highest BCUT2D eigenvalue weighted by Crippen LogP contribution is 2.63. The Kier molecular flexibility index (Phi) is 8.27. The summed E-state index contributed by atoms with van der Waals surface area (Å²) in [7, 11) is 0. The molecule has 2 saturated carbocycles. The van der Waals surface area contributed by atoms with Crippen LogP contribution < -0.4 is 0 Å². The summed E-state index contributed by atoms with van der Waals surface area (Å²) in [5.74, 6) is -5.86. The molecule has 12 nitrogen and oxygen atoms in total. The molecule has 2 aliphatic carbocycles. The van der Waals surface area contributed by atoms with Gasteiger partial charge >= 0.3 is 29.8 Å². The molecular formula is C28H37ClO12. The number of esters is 5. The van der Waals surface area contributed by atoms with Gasteiger partial charge in [0.25, 0.3) is 0 Å². The maximum Gasteiger partial charge on any atom is 0.312 e. The monoisotopic (exact) mass is 600 g/mol. The lowest BCUT2D eigenvalue weighted by atomic mass is 9.51. The number of hydrogen-bond donors (Lipinski definition) is 1. The molecule has 11 atom stereocenters. The van der Waals surface area contributed by atoms with Crippen molar-refractivity contribution in [2.75, 3.05) is 6.61 Å². The Bertz CT molecular complexity index is 1150. The molecule has 228 valence electrons. The second-order valence-corrected chi connectivity index (χ2v) is 12.2. The van der Waals surface area contributed by atoms with E-state index < -0.39 is 94.2 Å². The van der Waals surface area contributed by atoms with Crippen molar-refractivity contribution in [1.29, 1.82) is 0 Å². The van der Waals surface area contributed by atoms with Crippen LogP contribution >= 0.6 is 11.6 Å². The van der Waals surface area contributed by atoms with Crippen LogP contribution in [-0.4, -0.2) is 88.7 Å². The van der Waals surface area contributed by atoms with Crippen LogP contribution in [0.3, 0.4) is 0 Å². The smallest absolute Gasteiger partial charge is 0.312 e. The molecule has 0 aromatic rings. The summed E-state index contributed by atoms with van der Waals surface area (Å²) in [5.41, 5.74) is -4.56. The molecule has 0 aromatic heterocycles. The molecule has 0 amide bonds. The second kappa shape index (κ2) is 10.9. The first-order valence-corrected chi connectivity index (χ1v) is 14.0. The third kappa shape index (κ3) is 5.23. The first kappa shape index (κ1) is 31.2. The van der Waals surface area contributed by atoms with Crippen molar-refractivity contribution >= 4 is 41.4 Å². The van der Waals surface area contributed by atoms with Crippen LogP contribution in [0.15, 0.2) is 12.2 Å². The van der Waals surface area contributed by atoms with Gasteiger partial charge in [0, 0.05) is 40.0 Å². The van der Waals surface area contributed by atoms with Gasteiger partial charge in [0.2, 0.25) is 0 Å². The van der Waals surface area contributed by atoms with Crippen molar-refractivity contribution in [1.82, 2.24) is 0 Å². The van der Waals surface area contributed by atoms with Crippen LogP contribution in [0.4, 0.5) is 0 Å². The lowest BCUT2D eigenvalue weighted by Crippen LogP contribution is -2.72. The van der Waals surface area contributed by atoms with E-state index in [2.05, 4.69) is 6.58 Å². The fourth-order valence-electron chi connectivity index (χ4n) is 7.23. The number of rotatable bonds is 4. The molecule has 1 N–H and O–H groups in total. The Morgan fingerprint density at radius 2 is 1.51 bits per heavy atom. The topological polar surface area (TPSA) is 164 Å². The van der Waals surface area contributed by atoms with E-state index >= 15 is 0 Å². The van der Waals surface area contributed by atoms with E-state index in [1.54, 1.807) is 6.92 Å². The van der Waals surface area contributed by atoms with Gasteiger partial charge in [-0.15, -0.1) is 11.6 Å². The van der Waals surface area contributed by atoms with E-state index in [9.17, 15) is 29.1 Å². The number of carbonyl (C=O) groups excluding carboxylic acids is 5. The molecule has 2 heterocycles. The zero-order valence-corrected chi connectivity index (χ0v) is 24.7. The Labute approximate surface area is 242 Å². The first-order valence-electron chi connectivity index (χ1n) is 13.6. The summed E-state index contributed by atoms with van der Waals surface area (Å²) < 4.78 is 34.9. The number of fused-ring (bicyclic) bond motifs is 3. The largest absolute Gasteiger partial charge is 0.462 e. The van der Waals surface area contributed by atoms with Crippen LogP contribution in [0.1, 0.15) is 60.8 Å². The number of ether oxygens (including phenoxy) is 6. The number of alkyl halides is 1. The summed E-state index contributed by atoms with van der Waals surface area (Å²) in [6.07, 6.45) is -6.01. The van der Waals surface area contributed by atoms with Crippen molar-refractivity contribution in [3.05, 3.63) is 12.2 Å². The summed E-state index contributed by atoms with van der Waals surface area (Å²) in [6, 6.07) is 0. The molecule has 4 aliphatic rings.